The molecule has 2 aliphatic rings. The summed E-state index contributed by atoms with van der Waals surface area (Å²) in [6, 6.07) is 0.0948. The van der Waals surface area contributed by atoms with Crippen LogP contribution in [0.15, 0.2) is 0 Å². The van der Waals surface area contributed by atoms with Gasteiger partial charge >= 0.3 is 0 Å². The molecule has 0 aromatic rings. The quantitative estimate of drug-likeness (QED) is 0.801. The predicted molar refractivity (Wildman–Crippen MR) is 85.4 cm³/mol. The molecule has 1 saturated carbocycles. The van der Waals surface area contributed by atoms with E-state index in [2.05, 4.69) is 0 Å². The maximum Gasteiger partial charge on any atom is 0.227 e. The van der Waals surface area contributed by atoms with Crippen molar-refractivity contribution in [1.82, 2.24) is 9.80 Å². The van der Waals surface area contributed by atoms with Crippen LogP contribution in [-0.2, 0) is 14.3 Å². The van der Waals surface area contributed by atoms with Crippen molar-refractivity contribution in [3.63, 3.8) is 0 Å². The Labute approximate surface area is 134 Å². The third-order valence-electron chi connectivity index (χ3n) is 5.06. The fourth-order valence-electron chi connectivity index (χ4n) is 3.79. The lowest BCUT2D eigenvalue weighted by atomic mass is 9.99. The van der Waals surface area contributed by atoms with Crippen LogP contribution in [0.2, 0.25) is 0 Å². The Morgan fingerprint density at radius 2 is 1.86 bits per heavy atom. The van der Waals surface area contributed by atoms with E-state index in [1.165, 1.54) is 0 Å². The average Bonchev–Trinajstić information content (AvgIpc) is 2.98. The summed E-state index contributed by atoms with van der Waals surface area (Å²) in [5.74, 6) is 0.372. The smallest absolute Gasteiger partial charge is 0.227 e. The van der Waals surface area contributed by atoms with E-state index in [1.807, 2.05) is 16.8 Å². The zero-order valence-corrected chi connectivity index (χ0v) is 14.1. The summed E-state index contributed by atoms with van der Waals surface area (Å²) in [6.45, 7) is 2.10. The van der Waals surface area contributed by atoms with Gasteiger partial charge in [-0.25, -0.2) is 0 Å². The largest absolute Gasteiger partial charge is 0.384 e. The Bertz CT molecular complexity index is 386. The van der Waals surface area contributed by atoms with Gasteiger partial charge in [-0.15, -0.1) is 0 Å². The van der Waals surface area contributed by atoms with Crippen LogP contribution in [0.3, 0.4) is 0 Å². The van der Waals surface area contributed by atoms with Gasteiger partial charge in [-0.2, -0.15) is 0 Å². The lowest BCUT2D eigenvalue weighted by molar-refractivity contribution is -0.140. The summed E-state index contributed by atoms with van der Waals surface area (Å²) >= 11 is 0. The molecule has 5 nitrogen and oxygen atoms in total. The van der Waals surface area contributed by atoms with Crippen LogP contribution in [0, 0.1) is 5.92 Å². The van der Waals surface area contributed by atoms with Gasteiger partial charge in [-0.05, 0) is 25.7 Å². The van der Waals surface area contributed by atoms with Crippen LogP contribution in [0.1, 0.15) is 51.4 Å². The van der Waals surface area contributed by atoms with Crippen molar-refractivity contribution in [2.75, 3.05) is 33.9 Å². The minimum atomic E-state index is -0.00500. The van der Waals surface area contributed by atoms with Gasteiger partial charge in [0.15, 0.2) is 0 Å². The number of rotatable bonds is 3. The van der Waals surface area contributed by atoms with Crippen LogP contribution >= 0.6 is 0 Å². The highest BCUT2D eigenvalue weighted by atomic mass is 16.5. The second kappa shape index (κ2) is 8.51. The van der Waals surface area contributed by atoms with E-state index in [0.717, 1.165) is 58.0 Å². The molecule has 0 bridgehead atoms. The van der Waals surface area contributed by atoms with Crippen LogP contribution in [-0.4, -0.2) is 61.5 Å². The fraction of sp³-hybridized carbons (Fsp3) is 0.882. The van der Waals surface area contributed by atoms with Gasteiger partial charge in [0.2, 0.25) is 11.8 Å². The Hall–Kier alpha value is -1.10. The maximum absolute atomic E-state index is 12.7. The summed E-state index contributed by atoms with van der Waals surface area (Å²) < 4.78 is 5.05. The second-order valence-corrected chi connectivity index (χ2v) is 6.61. The summed E-state index contributed by atoms with van der Waals surface area (Å²) in [6.07, 6.45) is 7.72. The molecule has 0 aromatic heterocycles. The Balaban J connectivity index is 2.14. The number of ether oxygens (including phenoxy) is 1. The minimum Gasteiger partial charge on any atom is -0.384 e. The number of hydrogen-bond donors (Lipinski definition) is 0. The standard InChI is InChI=1S/C17H30N2O3/c1-18-11-5-3-4-6-12-19(16(20)10-13-22-2)15-9-7-8-14(15)17(18)21/h14-15H,3-13H2,1-2H3. The fourth-order valence-corrected chi connectivity index (χ4v) is 3.79. The topological polar surface area (TPSA) is 49.9 Å². The number of fused-ring (bicyclic) bond motifs is 1. The van der Waals surface area contributed by atoms with E-state index in [0.29, 0.717) is 13.0 Å². The average molecular weight is 310 g/mol. The van der Waals surface area contributed by atoms with Crippen molar-refractivity contribution in [3.8, 4) is 0 Å². The van der Waals surface area contributed by atoms with Crippen molar-refractivity contribution in [1.29, 1.82) is 0 Å². The van der Waals surface area contributed by atoms with Gasteiger partial charge in [-0.3, -0.25) is 9.59 Å². The van der Waals surface area contributed by atoms with Crippen molar-refractivity contribution in [2.24, 2.45) is 5.92 Å². The van der Waals surface area contributed by atoms with E-state index in [1.54, 1.807) is 7.11 Å². The second-order valence-electron chi connectivity index (χ2n) is 6.61. The first-order valence-corrected chi connectivity index (χ1v) is 8.68. The molecule has 5 heteroatoms. The Morgan fingerprint density at radius 3 is 2.59 bits per heavy atom. The monoisotopic (exact) mass is 310 g/mol. The van der Waals surface area contributed by atoms with Gasteiger partial charge < -0.3 is 14.5 Å². The van der Waals surface area contributed by atoms with Crippen LogP contribution < -0.4 is 0 Å². The minimum absolute atomic E-state index is 0.00500. The molecule has 22 heavy (non-hydrogen) atoms. The van der Waals surface area contributed by atoms with Gasteiger partial charge in [0.05, 0.1) is 18.9 Å². The Kier molecular flexibility index (Phi) is 6.68. The molecule has 1 aliphatic carbocycles. The normalized spacial score (nSPS) is 27.5. The SMILES string of the molecule is COCCC(=O)N1CCCCCCN(C)C(=O)C2CCCC21. The van der Waals surface area contributed by atoms with E-state index in [4.69, 9.17) is 4.74 Å². The first kappa shape index (κ1) is 17.3. The summed E-state index contributed by atoms with van der Waals surface area (Å²) in [5, 5.41) is 0. The highest BCUT2D eigenvalue weighted by molar-refractivity contribution is 5.82. The van der Waals surface area contributed by atoms with Gasteiger partial charge in [0, 0.05) is 33.3 Å². The number of carbonyl (C=O) groups excluding carboxylic acids is 2. The number of hydrogen-bond acceptors (Lipinski definition) is 3. The highest BCUT2D eigenvalue weighted by Crippen LogP contribution is 2.32. The highest BCUT2D eigenvalue weighted by Gasteiger charge is 2.39. The van der Waals surface area contributed by atoms with Gasteiger partial charge in [0.1, 0.15) is 0 Å². The molecular formula is C17H30N2O3. The molecule has 0 spiro atoms. The van der Waals surface area contributed by atoms with E-state index < -0.39 is 0 Å². The maximum atomic E-state index is 12.7. The van der Waals surface area contributed by atoms with Crippen molar-refractivity contribution < 1.29 is 14.3 Å². The number of methoxy groups -OCH3 is 1. The van der Waals surface area contributed by atoms with E-state index in [-0.39, 0.29) is 23.8 Å². The molecule has 1 heterocycles. The molecule has 1 saturated heterocycles. The summed E-state index contributed by atoms with van der Waals surface area (Å²) in [4.78, 5) is 29.1. The zero-order chi connectivity index (χ0) is 15.9. The van der Waals surface area contributed by atoms with Gasteiger partial charge in [0.25, 0.3) is 0 Å². The molecule has 2 rings (SSSR count). The van der Waals surface area contributed by atoms with Gasteiger partial charge in [-0.1, -0.05) is 19.3 Å². The third kappa shape index (κ3) is 4.22. The zero-order valence-electron chi connectivity index (χ0n) is 14.1. The number of amides is 2. The van der Waals surface area contributed by atoms with Crippen molar-refractivity contribution >= 4 is 11.8 Å². The number of nitrogens with zero attached hydrogens (tertiary/aromatic N) is 2. The lowest BCUT2D eigenvalue weighted by Gasteiger charge is -2.34. The summed E-state index contributed by atoms with van der Waals surface area (Å²) in [5.41, 5.74) is 0. The predicted octanol–water partition coefficient (Wildman–Crippen LogP) is 2.05. The first-order valence-electron chi connectivity index (χ1n) is 8.68. The van der Waals surface area contributed by atoms with Crippen LogP contribution in [0.5, 0.6) is 0 Å². The van der Waals surface area contributed by atoms with E-state index >= 15 is 0 Å². The Morgan fingerprint density at radius 1 is 1.14 bits per heavy atom. The third-order valence-corrected chi connectivity index (χ3v) is 5.06. The molecule has 126 valence electrons. The molecule has 2 fully saturated rings. The van der Waals surface area contributed by atoms with Crippen molar-refractivity contribution in [2.45, 2.75) is 57.4 Å². The van der Waals surface area contributed by atoms with Crippen LogP contribution in [0.4, 0.5) is 0 Å². The molecule has 2 amide bonds. The molecule has 0 radical (unpaired) electrons. The molecule has 2 unspecified atom stereocenters. The lowest BCUT2D eigenvalue weighted by Crippen LogP contribution is -2.47. The molecule has 1 aliphatic heterocycles. The molecule has 0 N–H and O–H groups in total. The molecular weight excluding hydrogens is 280 g/mol. The summed E-state index contributed by atoms with van der Waals surface area (Å²) in [7, 11) is 3.53. The van der Waals surface area contributed by atoms with Crippen molar-refractivity contribution in [3.05, 3.63) is 0 Å². The first-order chi connectivity index (χ1) is 10.6. The molecule has 2 atom stereocenters. The van der Waals surface area contributed by atoms with Crippen LogP contribution in [0.25, 0.3) is 0 Å². The van der Waals surface area contributed by atoms with E-state index in [9.17, 15) is 9.59 Å². The number of carbonyl (C=O) groups is 2. The molecule has 0 aromatic carbocycles.